The van der Waals surface area contributed by atoms with Crippen molar-refractivity contribution in [3.8, 4) is 0 Å². The van der Waals surface area contributed by atoms with Gasteiger partial charge in [0, 0.05) is 11.9 Å². The van der Waals surface area contributed by atoms with Crippen LogP contribution in [0.5, 0.6) is 0 Å². The lowest BCUT2D eigenvalue weighted by atomic mass is 9.98. The smallest absolute Gasteiger partial charge is 0.259 e. The van der Waals surface area contributed by atoms with E-state index in [0.717, 1.165) is 38.1 Å². The molecule has 0 radical (unpaired) electrons. The summed E-state index contributed by atoms with van der Waals surface area (Å²) < 4.78 is 0.854. The Hall–Kier alpha value is -1.45. The van der Waals surface area contributed by atoms with E-state index in [2.05, 4.69) is 46.3 Å². The number of thiophene rings is 1. The van der Waals surface area contributed by atoms with E-state index in [9.17, 15) is 4.79 Å². The molecule has 25 heavy (non-hydrogen) atoms. The van der Waals surface area contributed by atoms with Gasteiger partial charge in [0.05, 0.1) is 11.1 Å². The molecule has 1 atom stereocenters. The predicted octanol–water partition coefficient (Wildman–Crippen LogP) is 4.07. The monoisotopic (exact) mass is 395 g/mol. The van der Waals surface area contributed by atoms with E-state index < -0.39 is 0 Å². The lowest BCUT2D eigenvalue weighted by molar-refractivity contribution is 0.561. The summed E-state index contributed by atoms with van der Waals surface area (Å²) in [7, 11) is 1.82. The number of fused-ring (bicyclic) bond motifs is 1. The van der Waals surface area contributed by atoms with E-state index in [0.29, 0.717) is 17.5 Å². The SMILES string of the molecule is CC[C@H](C)Cc1c(C)sc2nc(CSc3nnc(NC)s3)[nH]c(=O)c12. The number of aryl methyl sites for hydroxylation is 1. The minimum atomic E-state index is -0.0311. The van der Waals surface area contributed by atoms with E-state index in [1.165, 1.54) is 28.0 Å². The van der Waals surface area contributed by atoms with E-state index in [1.54, 1.807) is 11.3 Å². The van der Waals surface area contributed by atoms with E-state index in [1.807, 2.05) is 7.05 Å². The summed E-state index contributed by atoms with van der Waals surface area (Å²) >= 11 is 4.63. The van der Waals surface area contributed by atoms with E-state index in [-0.39, 0.29) is 5.56 Å². The van der Waals surface area contributed by atoms with Gasteiger partial charge in [-0.05, 0) is 24.8 Å². The normalized spacial score (nSPS) is 12.6. The fraction of sp³-hybridized carbons (Fsp3) is 0.500. The first kappa shape index (κ1) is 18.3. The van der Waals surface area contributed by atoms with Crippen molar-refractivity contribution in [1.82, 2.24) is 20.2 Å². The fourth-order valence-corrected chi connectivity index (χ4v) is 5.17. The summed E-state index contributed by atoms with van der Waals surface area (Å²) in [5, 5.41) is 12.6. The van der Waals surface area contributed by atoms with Crippen LogP contribution in [-0.2, 0) is 12.2 Å². The maximum Gasteiger partial charge on any atom is 0.259 e. The first-order chi connectivity index (χ1) is 12.0. The van der Waals surface area contributed by atoms with Crippen molar-refractivity contribution >= 4 is 49.8 Å². The van der Waals surface area contributed by atoms with Gasteiger partial charge < -0.3 is 10.3 Å². The predicted molar refractivity (Wildman–Crippen MR) is 107 cm³/mol. The third kappa shape index (κ3) is 4.04. The van der Waals surface area contributed by atoms with Gasteiger partial charge in [-0.25, -0.2) is 4.98 Å². The number of anilines is 1. The van der Waals surface area contributed by atoms with E-state index >= 15 is 0 Å². The third-order valence-electron chi connectivity index (χ3n) is 4.11. The Kier molecular flexibility index (Phi) is 5.75. The number of aromatic nitrogens is 4. The molecule has 9 heteroatoms. The summed E-state index contributed by atoms with van der Waals surface area (Å²) in [6.45, 7) is 6.48. The molecule has 0 saturated carbocycles. The second-order valence-corrected chi connectivity index (χ2v) is 9.36. The zero-order chi connectivity index (χ0) is 18.0. The summed E-state index contributed by atoms with van der Waals surface area (Å²) in [6.07, 6.45) is 2.03. The minimum Gasteiger partial charge on any atom is -0.363 e. The molecule has 3 aromatic heterocycles. The number of thioether (sulfide) groups is 1. The Morgan fingerprint density at radius 2 is 2.12 bits per heavy atom. The van der Waals surface area contributed by atoms with Gasteiger partial charge in [-0.2, -0.15) is 0 Å². The van der Waals surface area contributed by atoms with Gasteiger partial charge in [-0.1, -0.05) is 43.4 Å². The Bertz CT molecular complexity index is 930. The van der Waals surface area contributed by atoms with Crippen LogP contribution in [-0.4, -0.2) is 27.2 Å². The second kappa shape index (κ2) is 7.84. The molecule has 134 valence electrons. The number of nitrogens with zero attached hydrogens (tertiary/aromatic N) is 3. The molecule has 0 aliphatic carbocycles. The number of hydrogen-bond acceptors (Lipinski definition) is 8. The van der Waals surface area contributed by atoms with Crippen LogP contribution < -0.4 is 10.9 Å². The van der Waals surface area contributed by atoms with Crippen LogP contribution in [0, 0.1) is 12.8 Å². The number of aromatic amines is 1. The Labute approximate surface area is 158 Å². The highest BCUT2D eigenvalue weighted by Gasteiger charge is 2.17. The molecule has 0 amide bonds. The van der Waals surface area contributed by atoms with Gasteiger partial charge in [-0.3, -0.25) is 4.79 Å². The third-order valence-corrected chi connectivity index (χ3v) is 7.24. The molecule has 2 N–H and O–H groups in total. The number of nitrogens with one attached hydrogen (secondary N) is 2. The average Bonchev–Trinajstić information content (AvgIpc) is 3.17. The van der Waals surface area contributed by atoms with Crippen LogP contribution in [0.15, 0.2) is 9.13 Å². The molecular formula is C16H21N5OS3. The lowest BCUT2D eigenvalue weighted by Crippen LogP contribution is -2.12. The van der Waals surface area contributed by atoms with E-state index in [4.69, 9.17) is 0 Å². The zero-order valence-corrected chi connectivity index (χ0v) is 17.1. The van der Waals surface area contributed by atoms with Crippen LogP contribution in [0.4, 0.5) is 5.13 Å². The summed E-state index contributed by atoms with van der Waals surface area (Å²) in [5.41, 5.74) is 1.13. The molecule has 0 aliphatic heterocycles. The van der Waals surface area contributed by atoms with Gasteiger partial charge in [0.25, 0.3) is 5.56 Å². The van der Waals surface area contributed by atoms with Crippen LogP contribution in [0.25, 0.3) is 10.2 Å². The van der Waals surface area contributed by atoms with Gasteiger partial charge in [0.15, 0.2) is 4.34 Å². The minimum absolute atomic E-state index is 0.0311. The molecule has 0 bridgehead atoms. The van der Waals surface area contributed by atoms with Gasteiger partial charge >= 0.3 is 0 Å². The van der Waals surface area contributed by atoms with Crippen molar-refractivity contribution in [2.75, 3.05) is 12.4 Å². The highest BCUT2D eigenvalue weighted by atomic mass is 32.2. The van der Waals surface area contributed by atoms with Crippen molar-refractivity contribution in [3.05, 3.63) is 26.6 Å². The van der Waals surface area contributed by atoms with Crippen molar-refractivity contribution in [2.45, 2.75) is 43.7 Å². The van der Waals surface area contributed by atoms with Gasteiger partial charge in [0.1, 0.15) is 10.7 Å². The van der Waals surface area contributed by atoms with Crippen LogP contribution >= 0.6 is 34.4 Å². The number of rotatable bonds is 7. The lowest BCUT2D eigenvalue weighted by Gasteiger charge is -2.08. The van der Waals surface area contributed by atoms with Crippen molar-refractivity contribution in [2.24, 2.45) is 5.92 Å². The molecular weight excluding hydrogens is 374 g/mol. The zero-order valence-electron chi connectivity index (χ0n) is 14.7. The highest BCUT2D eigenvalue weighted by Crippen LogP contribution is 2.31. The molecule has 3 aromatic rings. The molecule has 0 saturated heterocycles. The Balaban J connectivity index is 1.85. The number of hydrogen-bond donors (Lipinski definition) is 2. The van der Waals surface area contributed by atoms with Crippen LogP contribution in [0.1, 0.15) is 36.5 Å². The first-order valence-corrected chi connectivity index (χ1v) is 10.8. The molecule has 0 spiro atoms. The average molecular weight is 396 g/mol. The maximum atomic E-state index is 12.6. The largest absolute Gasteiger partial charge is 0.363 e. The molecule has 3 heterocycles. The molecule has 3 rings (SSSR count). The second-order valence-electron chi connectivity index (χ2n) is 5.96. The van der Waals surface area contributed by atoms with Crippen molar-refractivity contribution in [1.29, 1.82) is 0 Å². The fourth-order valence-electron chi connectivity index (χ4n) is 2.53. The topological polar surface area (TPSA) is 83.6 Å². The molecule has 0 unspecified atom stereocenters. The van der Waals surface area contributed by atoms with Crippen LogP contribution in [0.2, 0.25) is 0 Å². The quantitative estimate of drug-likeness (QED) is 0.587. The van der Waals surface area contributed by atoms with Crippen molar-refractivity contribution in [3.63, 3.8) is 0 Å². The Morgan fingerprint density at radius 3 is 2.80 bits per heavy atom. The molecule has 0 aliphatic rings. The Morgan fingerprint density at radius 1 is 1.32 bits per heavy atom. The van der Waals surface area contributed by atoms with Gasteiger partial charge in [0.2, 0.25) is 5.13 Å². The summed E-state index contributed by atoms with van der Waals surface area (Å²) in [5.74, 6) is 1.81. The molecule has 0 fully saturated rings. The standard InChI is InChI=1S/C16H21N5OS3/c1-5-8(2)6-10-9(3)24-14-12(10)13(22)18-11(19-14)7-23-16-21-20-15(17-4)25-16/h8H,5-7H2,1-4H3,(H,17,20)(H,18,19,22)/t8-/m0/s1. The highest BCUT2D eigenvalue weighted by molar-refractivity contribution is 8.00. The van der Waals surface area contributed by atoms with Crippen molar-refractivity contribution < 1.29 is 0 Å². The number of H-pyrrole nitrogens is 1. The molecule has 0 aromatic carbocycles. The summed E-state index contributed by atoms with van der Waals surface area (Å²) in [6, 6.07) is 0. The molecule has 6 nitrogen and oxygen atoms in total. The maximum absolute atomic E-state index is 12.6. The first-order valence-electron chi connectivity index (χ1n) is 8.17. The van der Waals surface area contributed by atoms with Gasteiger partial charge in [-0.15, -0.1) is 21.5 Å². The van der Waals surface area contributed by atoms with Crippen LogP contribution in [0.3, 0.4) is 0 Å². The summed E-state index contributed by atoms with van der Waals surface area (Å²) in [4.78, 5) is 22.3.